The first kappa shape index (κ1) is 23.6. The third kappa shape index (κ3) is 3.95. The number of hydrogen-bond acceptors (Lipinski definition) is 6. The first-order chi connectivity index (χ1) is 18.0. The summed E-state index contributed by atoms with van der Waals surface area (Å²) >= 11 is 7.45. The van der Waals surface area contributed by atoms with Gasteiger partial charge in [-0.05, 0) is 65.9 Å². The second kappa shape index (κ2) is 9.25. The standard InChI is InChI=1S/C29H23ClN2O4S/c1-35-23-12-8-17(14-24(23)36-2)27-21-10-7-16-5-3-4-6-20(16)26(21)31-29-32(27)28(34)25(37-29)15-18-13-19(30)9-11-22(18)33/h3-6,8-9,11-15,27,33H,7,10H2,1-2H3/b25-15+/t27-/m0/s1. The largest absolute Gasteiger partial charge is 0.507 e. The summed E-state index contributed by atoms with van der Waals surface area (Å²) in [5.74, 6) is 1.28. The highest BCUT2D eigenvalue weighted by Crippen LogP contribution is 2.42. The molecule has 1 aromatic heterocycles. The van der Waals surface area contributed by atoms with Crippen LogP contribution in [0.3, 0.4) is 0 Å². The van der Waals surface area contributed by atoms with Gasteiger partial charge in [0.25, 0.3) is 5.56 Å². The van der Waals surface area contributed by atoms with Crippen LogP contribution < -0.4 is 24.4 Å². The van der Waals surface area contributed by atoms with Crippen molar-refractivity contribution in [2.75, 3.05) is 14.2 Å². The number of aromatic nitrogens is 1. The van der Waals surface area contributed by atoms with Crippen LogP contribution in [-0.2, 0) is 6.42 Å². The van der Waals surface area contributed by atoms with E-state index >= 15 is 0 Å². The van der Waals surface area contributed by atoms with E-state index in [2.05, 4.69) is 12.1 Å². The molecule has 1 aliphatic heterocycles. The number of hydrogen-bond donors (Lipinski definition) is 1. The summed E-state index contributed by atoms with van der Waals surface area (Å²) in [4.78, 5) is 19.5. The van der Waals surface area contributed by atoms with Gasteiger partial charge in [-0.15, -0.1) is 0 Å². The number of fused-ring (bicyclic) bond motifs is 3. The van der Waals surface area contributed by atoms with E-state index in [1.807, 2.05) is 30.3 Å². The number of ether oxygens (including phenoxy) is 2. The van der Waals surface area contributed by atoms with Crippen molar-refractivity contribution in [2.24, 2.45) is 4.99 Å². The van der Waals surface area contributed by atoms with Crippen molar-refractivity contribution in [1.29, 1.82) is 0 Å². The van der Waals surface area contributed by atoms with Gasteiger partial charge in [0.05, 0.1) is 30.5 Å². The van der Waals surface area contributed by atoms with Crippen molar-refractivity contribution in [1.82, 2.24) is 4.57 Å². The second-order valence-corrected chi connectivity index (χ2v) is 10.4. The Morgan fingerprint density at radius 3 is 2.68 bits per heavy atom. The number of phenols is 1. The van der Waals surface area contributed by atoms with Crippen molar-refractivity contribution < 1.29 is 14.6 Å². The molecular formula is C29H23ClN2O4S. The molecule has 0 saturated carbocycles. The van der Waals surface area contributed by atoms with E-state index in [0.717, 1.165) is 35.2 Å². The molecule has 1 atom stereocenters. The summed E-state index contributed by atoms with van der Waals surface area (Å²) in [7, 11) is 3.21. The van der Waals surface area contributed by atoms with Crippen LogP contribution >= 0.6 is 22.9 Å². The molecule has 4 aromatic rings. The van der Waals surface area contributed by atoms with E-state index in [1.54, 1.807) is 37.0 Å². The molecule has 2 aliphatic rings. The quantitative estimate of drug-likeness (QED) is 0.415. The Morgan fingerprint density at radius 1 is 1.05 bits per heavy atom. The first-order valence-corrected chi connectivity index (χ1v) is 13.0. The van der Waals surface area contributed by atoms with Gasteiger partial charge in [-0.25, -0.2) is 4.99 Å². The Hall–Kier alpha value is -3.81. The monoisotopic (exact) mass is 530 g/mol. The highest BCUT2D eigenvalue weighted by molar-refractivity contribution is 7.07. The van der Waals surface area contributed by atoms with Gasteiger partial charge in [0.2, 0.25) is 0 Å². The minimum absolute atomic E-state index is 0.0555. The Balaban J connectivity index is 1.63. The highest BCUT2D eigenvalue weighted by Gasteiger charge is 2.33. The van der Waals surface area contributed by atoms with Gasteiger partial charge in [-0.2, -0.15) is 0 Å². The van der Waals surface area contributed by atoms with Gasteiger partial charge in [0.1, 0.15) is 5.75 Å². The zero-order valence-corrected chi connectivity index (χ0v) is 21.8. The van der Waals surface area contributed by atoms with Crippen molar-refractivity contribution in [3.8, 4) is 17.2 Å². The maximum absolute atomic E-state index is 13.9. The van der Waals surface area contributed by atoms with Crippen LogP contribution in [0.4, 0.5) is 0 Å². The molecule has 6 nitrogen and oxygen atoms in total. The normalized spacial score (nSPS) is 16.5. The van der Waals surface area contributed by atoms with Gasteiger partial charge in [0.15, 0.2) is 16.3 Å². The Kier molecular flexibility index (Phi) is 5.89. The minimum atomic E-state index is -0.352. The van der Waals surface area contributed by atoms with Crippen LogP contribution in [0.1, 0.15) is 34.7 Å². The molecule has 1 aliphatic carbocycles. The van der Waals surface area contributed by atoms with E-state index in [4.69, 9.17) is 26.1 Å². The number of aromatic hydroxyl groups is 1. The van der Waals surface area contributed by atoms with Crippen LogP contribution in [0.15, 0.2) is 76.0 Å². The molecule has 2 heterocycles. The van der Waals surface area contributed by atoms with Crippen molar-refractivity contribution in [3.05, 3.63) is 113 Å². The summed E-state index contributed by atoms with van der Waals surface area (Å²) < 4.78 is 13.3. The van der Waals surface area contributed by atoms with Crippen molar-refractivity contribution in [2.45, 2.75) is 18.9 Å². The van der Waals surface area contributed by atoms with Gasteiger partial charge < -0.3 is 14.6 Å². The summed E-state index contributed by atoms with van der Waals surface area (Å²) in [5.41, 5.74) is 5.58. The smallest absolute Gasteiger partial charge is 0.271 e. The summed E-state index contributed by atoms with van der Waals surface area (Å²) in [6.07, 6.45) is 3.33. The van der Waals surface area contributed by atoms with Gasteiger partial charge in [0, 0.05) is 16.1 Å². The molecule has 0 unspecified atom stereocenters. The number of rotatable bonds is 4. The Labute approximate surface area is 222 Å². The van der Waals surface area contributed by atoms with E-state index in [-0.39, 0.29) is 17.4 Å². The van der Waals surface area contributed by atoms with E-state index in [1.165, 1.54) is 23.0 Å². The number of aryl methyl sites for hydroxylation is 1. The van der Waals surface area contributed by atoms with E-state index in [0.29, 0.717) is 31.4 Å². The number of halogens is 1. The fraction of sp³-hybridized carbons (Fsp3) is 0.172. The number of benzene rings is 3. The van der Waals surface area contributed by atoms with Crippen LogP contribution in [-0.4, -0.2) is 23.9 Å². The maximum Gasteiger partial charge on any atom is 0.271 e. The third-order valence-corrected chi connectivity index (χ3v) is 8.09. The zero-order chi connectivity index (χ0) is 25.7. The number of allylic oxidation sites excluding steroid dienone is 1. The predicted molar refractivity (Wildman–Crippen MR) is 145 cm³/mol. The Bertz CT molecular complexity index is 1770. The molecule has 6 rings (SSSR count). The lowest BCUT2D eigenvalue weighted by atomic mass is 9.83. The molecule has 0 saturated heterocycles. The molecule has 0 radical (unpaired) electrons. The van der Waals surface area contributed by atoms with Crippen LogP contribution in [0.2, 0.25) is 5.02 Å². The lowest BCUT2D eigenvalue weighted by Gasteiger charge is -2.31. The van der Waals surface area contributed by atoms with Gasteiger partial charge >= 0.3 is 0 Å². The first-order valence-electron chi connectivity index (χ1n) is 11.8. The lowest BCUT2D eigenvalue weighted by Crippen LogP contribution is -2.38. The average molecular weight is 531 g/mol. The van der Waals surface area contributed by atoms with Crippen LogP contribution in [0.25, 0.3) is 11.8 Å². The van der Waals surface area contributed by atoms with Gasteiger partial charge in [-0.3, -0.25) is 9.36 Å². The fourth-order valence-electron chi connectivity index (χ4n) is 5.13. The zero-order valence-electron chi connectivity index (χ0n) is 20.2. The molecule has 8 heteroatoms. The van der Waals surface area contributed by atoms with E-state index < -0.39 is 0 Å². The molecule has 1 N–H and O–H groups in total. The third-order valence-electron chi connectivity index (χ3n) is 6.87. The average Bonchev–Trinajstić information content (AvgIpc) is 3.23. The summed E-state index contributed by atoms with van der Waals surface area (Å²) in [6, 6.07) is 18.5. The van der Waals surface area contributed by atoms with Gasteiger partial charge in [-0.1, -0.05) is 53.3 Å². The molecule has 0 bridgehead atoms. The van der Waals surface area contributed by atoms with Crippen molar-refractivity contribution >= 4 is 34.7 Å². The molecule has 186 valence electrons. The summed E-state index contributed by atoms with van der Waals surface area (Å²) in [5, 5.41) is 10.8. The second-order valence-electron chi connectivity index (χ2n) is 8.93. The van der Waals surface area contributed by atoms with Crippen LogP contribution in [0.5, 0.6) is 17.2 Å². The predicted octanol–water partition coefficient (Wildman–Crippen LogP) is 4.69. The maximum atomic E-state index is 13.9. The minimum Gasteiger partial charge on any atom is -0.507 e. The number of nitrogens with zero attached hydrogens (tertiary/aromatic N) is 2. The van der Waals surface area contributed by atoms with E-state index in [9.17, 15) is 9.90 Å². The highest BCUT2D eigenvalue weighted by atomic mass is 35.5. The molecule has 0 amide bonds. The van der Waals surface area contributed by atoms with Crippen LogP contribution in [0, 0.1) is 0 Å². The summed E-state index contributed by atoms with van der Waals surface area (Å²) in [6.45, 7) is 0. The molecule has 3 aromatic carbocycles. The molecule has 0 fully saturated rings. The molecule has 37 heavy (non-hydrogen) atoms. The SMILES string of the molecule is COc1ccc([C@H]2C3=C(N=c4s/c(=C/c5cc(Cl)ccc5O)c(=O)n42)c2ccccc2CC3)cc1OC. The molecular weight excluding hydrogens is 508 g/mol. The lowest BCUT2D eigenvalue weighted by molar-refractivity contribution is 0.354. The molecule has 0 spiro atoms. The topological polar surface area (TPSA) is 73.0 Å². The number of methoxy groups -OCH3 is 2. The fourth-order valence-corrected chi connectivity index (χ4v) is 6.30. The number of thiazole rings is 1. The number of phenolic OH excluding ortho intramolecular Hbond substituents is 1. The van der Waals surface area contributed by atoms with Crippen molar-refractivity contribution in [3.63, 3.8) is 0 Å². The Morgan fingerprint density at radius 2 is 1.86 bits per heavy atom.